The zero-order valence-electron chi connectivity index (χ0n) is 72.0. The third-order valence-electron chi connectivity index (χ3n) is 26.0. The molecule has 6 atom stereocenters. The highest BCUT2D eigenvalue weighted by atomic mass is 35.5. The van der Waals surface area contributed by atoms with Crippen LogP contribution in [0.2, 0.25) is 15.1 Å². The molecule has 6 aromatic carbocycles. The highest BCUT2D eigenvalue weighted by Gasteiger charge is 2.45. The number of amides is 3. The quantitative estimate of drug-likeness (QED) is 0.0682. The van der Waals surface area contributed by atoms with Gasteiger partial charge in [-0.15, -0.1) is 0 Å². The maximum Gasteiger partial charge on any atom is 0.271 e. The van der Waals surface area contributed by atoms with Crippen LogP contribution in [-0.4, -0.2) is 261 Å². The Kier molecular flexibility index (Phi) is 26.5. The largest absolute Gasteiger partial charge is 0.488 e. The minimum Gasteiger partial charge on any atom is -0.488 e. The Hall–Kier alpha value is -12.0. The van der Waals surface area contributed by atoms with Crippen molar-refractivity contribution >= 4 is 102 Å². The summed E-state index contributed by atoms with van der Waals surface area (Å²) in [5.41, 5.74) is 0.796. The topological polar surface area (TPSA) is 258 Å². The number of nitriles is 3. The number of pyridine rings is 3. The van der Waals surface area contributed by atoms with Crippen molar-refractivity contribution in [3.8, 4) is 68.8 Å². The summed E-state index contributed by atoms with van der Waals surface area (Å²) < 4.78 is 144. The van der Waals surface area contributed by atoms with Gasteiger partial charge in [0.05, 0.1) is 86.6 Å². The van der Waals surface area contributed by atoms with E-state index in [2.05, 4.69) is 59.7 Å². The fourth-order valence-electron chi connectivity index (χ4n) is 19.7. The summed E-state index contributed by atoms with van der Waals surface area (Å²) in [7, 11) is 2.07. The average Bonchev–Trinajstić information content (AvgIpc) is 0.924. The first-order chi connectivity index (χ1) is 62.8. The van der Waals surface area contributed by atoms with Gasteiger partial charge in [-0.2, -0.15) is 15.8 Å². The van der Waals surface area contributed by atoms with E-state index in [4.69, 9.17) is 53.8 Å². The molecule has 9 aliphatic heterocycles. The van der Waals surface area contributed by atoms with Crippen LogP contribution in [0, 0.1) is 68.9 Å². The van der Waals surface area contributed by atoms with Gasteiger partial charge in [-0.05, 0) is 101 Å². The molecule has 6 fully saturated rings. The summed E-state index contributed by atoms with van der Waals surface area (Å²) in [5, 5.41) is 32.9. The van der Waals surface area contributed by atoms with Crippen LogP contribution in [0.25, 0.3) is 66.1 Å². The second-order valence-electron chi connectivity index (χ2n) is 34.1. The van der Waals surface area contributed by atoms with Crippen molar-refractivity contribution in [1.29, 1.82) is 15.8 Å². The SMILES string of the molecule is C=CC(=O)N1CCN(c2c(C#N)c(=O)n3c4c(c(-c5ccc(F)cc5F)c(Cl)cc24)OCC3CN2CCC(F)(F)C2)[C@@H](C)C1.C=CC(=O)N1CCN(c2c(C#N)c(=O)n3c4c(c(-c5ccc(F)cc5F)c(Cl)cc24)OCC3CN2CCN(C)CC2)[C@@H](C)C1.C=CC(=O)N1CCN(c2c(C#N)c(=O)n3c4c(c(-c5ccc(F)cc5F)c(Cl)cc24)OCC3CN2CCOCC2)[C@@H](C)C1. The fourth-order valence-corrected chi connectivity index (χ4v) is 20.6. The number of carbonyl (C=O) groups excluding carboxylic acids is 3. The summed E-state index contributed by atoms with van der Waals surface area (Å²) in [5.74, 6) is -7.81. The van der Waals surface area contributed by atoms with Crippen molar-refractivity contribution in [2.24, 2.45) is 0 Å². The van der Waals surface area contributed by atoms with Gasteiger partial charge in [0.2, 0.25) is 17.7 Å². The maximum atomic E-state index is 15.2. The van der Waals surface area contributed by atoms with E-state index in [-0.39, 0.29) is 175 Å². The average molecular weight is 1860 g/mol. The lowest BCUT2D eigenvalue weighted by Gasteiger charge is -2.42. The molecule has 0 saturated carbocycles. The first-order valence-electron chi connectivity index (χ1n) is 42.9. The number of piperazine rings is 4. The summed E-state index contributed by atoms with van der Waals surface area (Å²) in [4.78, 5) is 98.8. The Morgan fingerprint density at radius 3 is 1.05 bits per heavy atom. The highest BCUT2D eigenvalue weighted by Crippen LogP contribution is 2.53. The number of ether oxygens (including phenoxy) is 4. The Labute approximate surface area is 762 Å². The zero-order valence-corrected chi connectivity index (χ0v) is 74.3. The molecule has 684 valence electrons. The van der Waals surface area contributed by atoms with Crippen LogP contribution in [0.5, 0.6) is 17.2 Å². The van der Waals surface area contributed by atoms with Crippen molar-refractivity contribution < 1.29 is 68.5 Å². The van der Waals surface area contributed by atoms with E-state index in [1.165, 1.54) is 47.1 Å². The van der Waals surface area contributed by atoms with Crippen LogP contribution >= 0.6 is 34.8 Å². The van der Waals surface area contributed by atoms with Gasteiger partial charge in [-0.3, -0.25) is 57.2 Å². The molecule has 0 radical (unpaired) electrons. The summed E-state index contributed by atoms with van der Waals surface area (Å²) in [6.07, 6.45) is 3.44. The number of halogens is 11. The summed E-state index contributed by atoms with van der Waals surface area (Å²) >= 11 is 20.5. The number of alkyl halides is 2. The molecule has 3 unspecified atom stereocenters. The van der Waals surface area contributed by atoms with Crippen LogP contribution in [0.4, 0.5) is 52.2 Å². The number of likely N-dealkylation sites (tertiary alicyclic amines) is 1. The van der Waals surface area contributed by atoms with Crippen molar-refractivity contribution in [1.82, 2.24) is 48.0 Å². The predicted molar refractivity (Wildman–Crippen MR) is 481 cm³/mol. The normalized spacial score (nSPS) is 20.9. The molecule has 0 spiro atoms. The zero-order chi connectivity index (χ0) is 93.2. The molecule has 26 nitrogen and oxygen atoms in total. The predicted octanol–water partition coefficient (Wildman–Crippen LogP) is 12.8. The Balaban J connectivity index is 0.000000144. The summed E-state index contributed by atoms with van der Waals surface area (Å²) in [6, 6.07) is 18.2. The number of morpholine rings is 1. The molecule has 0 aliphatic carbocycles. The first kappa shape index (κ1) is 92.2. The van der Waals surface area contributed by atoms with Gasteiger partial charge in [-0.25, -0.2) is 35.1 Å². The van der Waals surface area contributed by atoms with Crippen LogP contribution in [0.3, 0.4) is 0 Å². The number of likely N-dealkylation sites (N-methyl/N-ethyl adjacent to an activating group) is 1. The van der Waals surface area contributed by atoms with Gasteiger partial charge in [0, 0.05) is 217 Å². The van der Waals surface area contributed by atoms with Crippen molar-refractivity contribution in [2.45, 2.75) is 69.4 Å². The van der Waals surface area contributed by atoms with E-state index in [0.717, 1.165) is 56.5 Å². The van der Waals surface area contributed by atoms with Crippen LogP contribution < -0.4 is 45.6 Å². The van der Waals surface area contributed by atoms with Gasteiger partial charge < -0.3 is 53.2 Å². The molecule has 3 amide bonds. The number of carbonyl (C=O) groups is 3. The molecule has 12 heterocycles. The molecule has 37 heteroatoms. The van der Waals surface area contributed by atoms with Gasteiger partial charge in [-0.1, -0.05) is 54.5 Å². The van der Waals surface area contributed by atoms with E-state index >= 15 is 13.2 Å². The smallest absolute Gasteiger partial charge is 0.271 e. The molecule has 0 bridgehead atoms. The molecule has 9 aliphatic rings. The van der Waals surface area contributed by atoms with Crippen LogP contribution in [0.1, 0.15) is 62.0 Å². The number of rotatable bonds is 15. The molecule has 131 heavy (non-hydrogen) atoms. The van der Waals surface area contributed by atoms with Crippen molar-refractivity contribution in [3.63, 3.8) is 0 Å². The van der Waals surface area contributed by atoms with Gasteiger partial charge in [0.1, 0.15) is 89.6 Å². The first-order valence-corrected chi connectivity index (χ1v) is 44.1. The number of benzene rings is 6. The molecule has 0 N–H and O–H groups in total. The second-order valence-corrected chi connectivity index (χ2v) is 35.3. The molecule has 18 rings (SSSR count). The molecule has 3 aromatic heterocycles. The van der Waals surface area contributed by atoms with Crippen molar-refractivity contribution in [2.75, 3.05) is 186 Å². The van der Waals surface area contributed by atoms with Gasteiger partial charge >= 0.3 is 0 Å². The molecular formula is C94H91Cl3F8N16O10. The Morgan fingerprint density at radius 2 is 0.763 bits per heavy atom. The fraction of sp³-hybridized carbons (Fsp3) is 0.394. The maximum absolute atomic E-state index is 15.2. The third-order valence-corrected chi connectivity index (χ3v) is 26.9. The van der Waals surface area contributed by atoms with E-state index in [1.807, 2.05) is 35.5 Å². The Morgan fingerprint density at radius 1 is 0.450 bits per heavy atom. The summed E-state index contributed by atoms with van der Waals surface area (Å²) in [6.45, 7) is 26.1. The highest BCUT2D eigenvalue weighted by molar-refractivity contribution is 6.36. The standard InChI is InChI=1S/C32H33ClF2N6O3.C31H28ClF4N5O3.C31H30ClF2N5O4/c1-4-27(42)39-11-12-40(19(2)16-39)29-23-14-25(33)28(22-6-5-20(34)13-26(22)35)31-30(23)41(32(43)24(29)15-36)21(18-44-31)17-38-9-7-37(3)8-10-38;1-3-25(42)39-8-9-40(17(2)13-39)27-21-11-23(32)26(20-5-4-18(33)10-24(20)34)29-28(21)41(30(43)22(27)12-37)19(15-44-29)14-38-7-6-31(35,36)16-38;1-3-26(40)37-6-7-38(18(2)15-37)28-22-13-24(32)27(21-5-4-19(33)12-25(21)34)30-29(22)39(31(41)23(28)14-35)20(17-43-30)16-36-8-10-42-11-9-36/h4-6,13-14,19,21H,1,7-12,16-18H2,2-3H3;3-5,10-11,17,19H,1,6-9,13-16H2,2H3;3-5,12-13,18,20H,1,6-11,15-17H2,2H3/t19-,21?;17-,19?;18-,20?/m000/s1. The molecular weight excluding hydrogens is 1770 g/mol. The minimum atomic E-state index is -2.86. The van der Waals surface area contributed by atoms with Crippen LogP contribution in [0.15, 0.2) is 125 Å². The monoisotopic (exact) mass is 1860 g/mol. The lowest BCUT2D eigenvalue weighted by Crippen LogP contribution is -2.54. The number of hydrogen-bond acceptors (Lipinski definition) is 20. The lowest BCUT2D eigenvalue weighted by molar-refractivity contribution is -0.127. The number of hydrogen-bond donors (Lipinski definition) is 0. The van der Waals surface area contributed by atoms with E-state index in [0.29, 0.717) is 136 Å². The van der Waals surface area contributed by atoms with E-state index in [9.17, 15) is 66.5 Å². The number of aromatic nitrogens is 3. The van der Waals surface area contributed by atoms with Gasteiger partial charge in [0.25, 0.3) is 22.6 Å². The van der Waals surface area contributed by atoms with Crippen molar-refractivity contribution in [3.05, 3.63) is 208 Å². The third kappa shape index (κ3) is 17.4. The molecule has 6 saturated heterocycles. The van der Waals surface area contributed by atoms with E-state index in [1.54, 1.807) is 40.9 Å². The Bertz CT molecular complexity index is 6520. The number of nitrogens with zero attached hydrogens (tertiary/aromatic N) is 16. The lowest BCUT2D eigenvalue weighted by atomic mass is 9.96. The molecule has 9 aromatic rings. The second kappa shape index (κ2) is 37.7. The number of anilines is 3. The van der Waals surface area contributed by atoms with E-state index < -0.39 is 82.2 Å². The van der Waals surface area contributed by atoms with Gasteiger partial charge in [0.15, 0.2) is 17.2 Å². The minimum absolute atomic E-state index is 0.0270. The van der Waals surface area contributed by atoms with Crippen LogP contribution in [-0.2, 0) is 19.1 Å².